The molecule has 3 rings (SSSR count). The van der Waals surface area contributed by atoms with Crippen molar-refractivity contribution >= 4 is 57.4 Å². The number of fused-ring (bicyclic) bond motifs is 1. The number of amides is 1. The van der Waals surface area contributed by atoms with Gasteiger partial charge in [-0.05, 0) is 52.8 Å². The maximum Gasteiger partial charge on any atom is 0.250 e. The first-order valence-corrected chi connectivity index (χ1v) is 8.44. The monoisotopic (exact) mass is 366 g/mol. The van der Waals surface area contributed by atoms with Crippen LogP contribution in [-0.4, -0.2) is 11.0 Å². The third-order valence-corrected chi connectivity index (χ3v) is 4.00. The third kappa shape index (κ3) is 4.66. The Hall–Kier alpha value is -2.69. The SMILES string of the molecule is O=C(C=Cc1cccc2ccccc12)NC(=S)Nc1cccc(Cl)c1. The predicted octanol–water partition coefficient (Wildman–Crippen LogP) is 5.02. The van der Waals surface area contributed by atoms with E-state index in [2.05, 4.69) is 10.6 Å². The minimum atomic E-state index is -0.299. The maximum absolute atomic E-state index is 12.1. The average molecular weight is 367 g/mol. The van der Waals surface area contributed by atoms with Crippen LogP contribution >= 0.6 is 23.8 Å². The van der Waals surface area contributed by atoms with Crippen molar-refractivity contribution < 1.29 is 4.79 Å². The number of hydrogen-bond donors (Lipinski definition) is 2. The van der Waals surface area contributed by atoms with Crippen LogP contribution in [0, 0.1) is 0 Å². The minimum absolute atomic E-state index is 0.217. The zero-order chi connectivity index (χ0) is 17.6. The highest BCUT2D eigenvalue weighted by atomic mass is 35.5. The summed E-state index contributed by atoms with van der Waals surface area (Å²) < 4.78 is 0. The van der Waals surface area contributed by atoms with E-state index < -0.39 is 0 Å². The lowest BCUT2D eigenvalue weighted by molar-refractivity contribution is -0.115. The fourth-order valence-electron chi connectivity index (χ4n) is 2.44. The predicted molar refractivity (Wildman–Crippen MR) is 109 cm³/mol. The van der Waals surface area contributed by atoms with Gasteiger partial charge in [0.25, 0.3) is 0 Å². The Morgan fingerprint density at radius 3 is 2.60 bits per heavy atom. The van der Waals surface area contributed by atoms with E-state index in [4.69, 9.17) is 23.8 Å². The van der Waals surface area contributed by atoms with Crippen molar-refractivity contribution in [1.29, 1.82) is 0 Å². The first-order valence-electron chi connectivity index (χ1n) is 7.65. The van der Waals surface area contributed by atoms with Crippen molar-refractivity contribution in [2.75, 3.05) is 5.32 Å². The zero-order valence-corrected chi connectivity index (χ0v) is 14.8. The average Bonchev–Trinajstić information content (AvgIpc) is 2.59. The number of carbonyl (C=O) groups excluding carboxylic acids is 1. The topological polar surface area (TPSA) is 41.1 Å². The van der Waals surface area contributed by atoms with Gasteiger partial charge in [-0.25, -0.2) is 0 Å². The van der Waals surface area contributed by atoms with Crippen LogP contribution in [0.2, 0.25) is 5.02 Å². The maximum atomic E-state index is 12.1. The fraction of sp³-hybridized carbons (Fsp3) is 0. The summed E-state index contributed by atoms with van der Waals surface area (Å²) in [5, 5.41) is 8.57. The van der Waals surface area contributed by atoms with Crippen molar-refractivity contribution in [2.45, 2.75) is 0 Å². The highest BCUT2D eigenvalue weighted by Gasteiger charge is 2.03. The number of rotatable bonds is 3. The smallest absolute Gasteiger partial charge is 0.250 e. The molecule has 0 aliphatic carbocycles. The molecule has 0 atom stereocenters. The molecule has 0 unspecified atom stereocenters. The quantitative estimate of drug-likeness (QED) is 0.505. The summed E-state index contributed by atoms with van der Waals surface area (Å²) in [5.74, 6) is -0.299. The zero-order valence-electron chi connectivity index (χ0n) is 13.2. The summed E-state index contributed by atoms with van der Waals surface area (Å²) in [5.41, 5.74) is 1.69. The highest BCUT2D eigenvalue weighted by molar-refractivity contribution is 7.80. The van der Waals surface area contributed by atoms with E-state index in [0.717, 1.165) is 22.0 Å². The molecular formula is C20H15ClN2OS. The molecule has 0 saturated carbocycles. The molecule has 3 nitrogen and oxygen atoms in total. The Morgan fingerprint density at radius 1 is 1.00 bits per heavy atom. The van der Waals surface area contributed by atoms with E-state index in [0.29, 0.717) is 5.02 Å². The number of anilines is 1. The second-order valence-corrected chi connectivity index (χ2v) is 6.20. The summed E-state index contributed by atoms with van der Waals surface area (Å²) in [6.45, 7) is 0. The Morgan fingerprint density at radius 2 is 1.76 bits per heavy atom. The van der Waals surface area contributed by atoms with Gasteiger partial charge in [-0.2, -0.15) is 0 Å². The molecule has 0 aromatic heterocycles. The van der Waals surface area contributed by atoms with Crippen LogP contribution in [0.3, 0.4) is 0 Å². The fourth-order valence-corrected chi connectivity index (χ4v) is 2.85. The summed E-state index contributed by atoms with van der Waals surface area (Å²) in [4.78, 5) is 12.1. The lowest BCUT2D eigenvalue weighted by atomic mass is 10.0. The molecule has 5 heteroatoms. The Kier molecular flexibility index (Phi) is 5.43. The van der Waals surface area contributed by atoms with Gasteiger partial charge in [0, 0.05) is 16.8 Å². The van der Waals surface area contributed by atoms with Gasteiger partial charge >= 0.3 is 0 Å². The van der Waals surface area contributed by atoms with Crippen LogP contribution in [0.1, 0.15) is 5.56 Å². The molecule has 0 saturated heterocycles. The van der Waals surface area contributed by atoms with Crippen molar-refractivity contribution in [1.82, 2.24) is 5.32 Å². The number of hydrogen-bond acceptors (Lipinski definition) is 2. The Bertz CT molecular complexity index is 963. The number of nitrogens with one attached hydrogen (secondary N) is 2. The largest absolute Gasteiger partial charge is 0.332 e. The second-order valence-electron chi connectivity index (χ2n) is 5.36. The van der Waals surface area contributed by atoms with Crippen LogP contribution in [0.15, 0.2) is 72.8 Å². The van der Waals surface area contributed by atoms with Crippen LogP contribution in [0.4, 0.5) is 5.69 Å². The second kappa shape index (κ2) is 7.92. The summed E-state index contributed by atoms with van der Waals surface area (Å²) in [7, 11) is 0. The molecule has 0 spiro atoms. The molecule has 25 heavy (non-hydrogen) atoms. The van der Waals surface area contributed by atoms with Crippen molar-refractivity contribution in [3.63, 3.8) is 0 Å². The third-order valence-electron chi connectivity index (χ3n) is 3.56. The van der Waals surface area contributed by atoms with Gasteiger partial charge in [0.15, 0.2) is 5.11 Å². The van der Waals surface area contributed by atoms with Gasteiger partial charge in [0.1, 0.15) is 0 Å². The van der Waals surface area contributed by atoms with Crippen molar-refractivity contribution in [3.05, 3.63) is 83.4 Å². The van der Waals surface area contributed by atoms with Gasteiger partial charge < -0.3 is 5.32 Å². The number of thiocarbonyl (C=S) groups is 1. The van der Waals surface area contributed by atoms with E-state index in [1.807, 2.05) is 48.5 Å². The lowest BCUT2D eigenvalue weighted by Crippen LogP contribution is -2.32. The Labute approximate surface area is 156 Å². The molecule has 0 fully saturated rings. The molecule has 124 valence electrons. The van der Waals surface area contributed by atoms with Gasteiger partial charge in [-0.3, -0.25) is 10.1 Å². The van der Waals surface area contributed by atoms with Crippen LogP contribution in [0.5, 0.6) is 0 Å². The molecule has 0 bridgehead atoms. The molecule has 1 amide bonds. The molecule has 0 heterocycles. The van der Waals surface area contributed by atoms with E-state index in [9.17, 15) is 4.79 Å². The van der Waals surface area contributed by atoms with Crippen LogP contribution < -0.4 is 10.6 Å². The molecule has 2 N–H and O–H groups in total. The highest BCUT2D eigenvalue weighted by Crippen LogP contribution is 2.19. The summed E-state index contributed by atoms with van der Waals surface area (Å²) >= 11 is 11.1. The number of halogens is 1. The Balaban J connectivity index is 1.65. The number of carbonyl (C=O) groups is 1. The summed E-state index contributed by atoms with van der Waals surface area (Å²) in [6.07, 6.45) is 3.24. The van der Waals surface area contributed by atoms with E-state index in [1.54, 1.807) is 24.3 Å². The summed E-state index contributed by atoms with van der Waals surface area (Å²) in [6, 6.07) is 21.1. The van der Waals surface area contributed by atoms with Crippen LogP contribution in [0.25, 0.3) is 16.8 Å². The minimum Gasteiger partial charge on any atom is -0.332 e. The van der Waals surface area contributed by atoms with Crippen molar-refractivity contribution in [2.24, 2.45) is 0 Å². The van der Waals surface area contributed by atoms with Gasteiger partial charge in [0.2, 0.25) is 5.91 Å². The van der Waals surface area contributed by atoms with Crippen LogP contribution in [-0.2, 0) is 4.79 Å². The normalized spacial score (nSPS) is 10.8. The van der Waals surface area contributed by atoms with Gasteiger partial charge in [-0.1, -0.05) is 60.1 Å². The first kappa shape index (κ1) is 17.1. The van der Waals surface area contributed by atoms with Gasteiger partial charge in [0.05, 0.1) is 0 Å². The molecular weight excluding hydrogens is 352 g/mol. The molecule has 0 aliphatic heterocycles. The molecule has 3 aromatic carbocycles. The van der Waals surface area contributed by atoms with Gasteiger partial charge in [-0.15, -0.1) is 0 Å². The molecule has 0 aliphatic rings. The van der Waals surface area contributed by atoms with E-state index in [1.165, 1.54) is 6.08 Å². The lowest BCUT2D eigenvalue weighted by Gasteiger charge is -2.08. The first-order chi connectivity index (χ1) is 12.1. The standard InChI is InChI=1S/C20H15ClN2OS/c21-16-8-4-9-17(13-16)22-20(25)23-19(24)12-11-15-7-3-6-14-5-1-2-10-18(14)15/h1-13H,(H2,22,23,24,25). The molecule has 0 radical (unpaired) electrons. The van der Waals surface area contributed by atoms with E-state index >= 15 is 0 Å². The van der Waals surface area contributed by atoms with Crippen molar-refractivity contribution in [3.8, 4) is 0 Å². The molecule has 3 aromatic rings. The van der Waals surface area contributed by atoms with E-state index in [-0.39, 0.29) is 11.0 Å². The number of benzene rings is 3.